The Bertz CT molecular complexity index is 46.8. The third kappa shape index (κ3) is 3.49. The second kappa shape index (κ2) is 2.72. The van der Waals surface area contributed by atoms with Crippen LogP contribution in [0.25, 0.3) is 0 Å². The van der Waals surface area contributed by atoms with Crippen molar-refractivity contribution in [3.05, 3.63) is 12.8 Å². The van der Waals surface area contributed by atoms with Gasteiger partial charge in [-0.3, -0.25) is 0 Å². The summed E-state index contributed by atoms with van der Waals surface area (Å²) >= 11 is 0. The van der Waals surface area contributed by atoms with E-state index in [4.69, 9.17) is 5.02 Å². The van der Waals surface area contributed by atoms with Crippen molar-refractivity contribution in [3.8, 4) is 0 Å². The summed E-state index contributed by atoms with van der Waals surface area (Å²) in [6, 6.07) is 0. The molecule has 1 N–H and O–H groups in total. The van der Waals surface area contributed by atoms with Gasteiger partial charge in [-0.05, 0) is 0 Å². The molecule has 34 valence electrons. The molecule has 0 aliphatic heterocycles. The predicted molar refractivity (Wildman–Crippen MR) is 20.4 cm³/mol. The van der Waals surface area contributed by atoms with Crippen molar-refractivity contribution < 1.29 is 14.0 Å². The lowest BCUT2D eigenvalue weighted by molar-refractivity contribution is 0.312. The van der Waals surface area contributed by atoms with E-state index in [0.717, 1.165) is 6.26 Å². The van der Waals surface area contributed by atoms with Crippen molar-refractivity contribution >= 4 is 7.40 Å². The van der Waals surface area contributed by atoms with E-state index in [-0.39, 0.29) is 0 Å². The highest BCUT2D eigenvalue weighted by atomic mass is 19.1. The lowest BCUT2D eigenvalue weighted by Gasteiger charge is -1.87. The molecule has 0 atom stereocenters. The van der Waals surface area contributed by atoms with Crippen molar-refractivity contribution in [2.45, 2.75) is 0 Å². The second-order valence-corrected chi connectivity index (χ2v) is 0.595. The van der Waals surface area contributed by atoms with E-state index in [1.165, 1.54) is 0 Å². The average Bonchev–Trinajstić information content (AvgIpc) is 1.35. The van der Waals surface area contributed by atoms with Gasteiger partial charge >= 0.3 is 7.40 Å². The molecule has 0 aromatic heterocycles. The van der Waals surface area contributed by atoms with Gasteiger partial charge in [-0.15, -0.1) is 0 Å². The molecule has 0 amide bonds. The monoisotopic (exact) mass is 90.0 g/mol. The molecule has 4 heteroatoms. The van der Waals surface area contributed by atoms with E-state index in [2.05, 4.69) is 11.2 Å². The molecule has 0 aromatic carbocycles. The molecule has 2 nitrogen and oxygen atoms in total. The van der Waals surface area contributed by atoms with Gasteiger partial charge in [-0.25, -0.2) is 4.32 Å². The molecule has 0 rings (SSSR count). The Balaban J connectivity index is 2.81. The van der Waals surface area contributed by atoms with Crippen LogP contribution in [0, 0.1) is 0 Å². The van der Waals surface area contributed by atoms with Gasteiger partial charge in [0.15, 0.2) is 0 Å². The Labute approximate surface area is 35.4 Å². The number of halogens is 1. The highest BCUT2D eigenvalue weighted by Gasteiger charge is 2.08. The first kappa shape index (κ1) is 5.49. The zero-order valence-corrected chi connectivity index (χ0v) is 3.10. The number of rotatable bonds is 2. The third-order valence-electron chi connectivity index (χ3n) is 0.209. The molecular weight excluding hydrogens is 85.8 g/mol. The summed E-state index contributed by atoms with van der Waals surface area (Å²) < 4.78 is 14.7. The molecule has 0 radical (unpaired) electrons. The van der Waals surface area contributed by atoms with Gasteiger partial charge in [0.05, 0.1) is 6.26 Å². The van der Waals surface area contributed by atoms with Crippen LogP contribution in [0.3, 0.4) is 0 Å². The summed E-state index contributed by atoms with van der Waals surface area (Å²) in [6.45, 7) is 2.98. The van der Waals surface area contributed by atoms with Crippen LogP contribution in [0.5, 0.6) is 0 Å². The predicted octanol–water partition coefficient (Wildman–Crippen LogP) is 0.0932. The van der Waals surface area contributed by atoms with Crippen LogP contribution < -0.4 is 0 Å². The molecule has 0 saturated heterocycles. The van der Waals surface area contributed by atoms with Crippen molar-refractivity contribution in [2.75, 3.05) is 0 Å². The lowest BCUT2D eigenvalue weighted by Crippen LogP contribution is -2.04. The van der Waals surface area contributed by atoms with Gasteiger partial charge in [-0.1, -0.05) is 6.58 Å². The van der Waals surface area contributed by atoms with Crippen molar-refractivity contribution in [2.24, 2.45) is 0 Å². The SMILES string of the molecule is C=COB(O)F. The maximum absolute atomic E-state index is 11.0. The molecule has 0 bridgehead atoms. The summed E-state index contributed by atoms with van der Waals surface area (Å²) in [5.74, 6) is 0. The largest absolute Gasteiger partial charge is 0.751 e. The fraction of sp³-hybridized carbons (Fsp3) is 0. The van der Waals surface area contributed by atoms with Crippen molar-refractivity contribution in [1.82, 2.24) is 0 Å². The molecular formula is C2H4BFO2. The van der Waals surface area contributed by atoms with Crippen molar-refractivity contribution in [3.63, 3.8) is 0 Å². The van der Waals surface area contributed by atoms with Crippen LogP contribution in [0.4, 0.5) is 4.32 Å². The minimum absolute atomic E-state index is 0.824. The number of hydrogen-bond donors (Lipinski definition) is 1. The highest BCUT2D eigenvalue weighted by Crippen LogP contribution is 1.78. The van der Waals surface area contributed by atoms with Crippen LogP contribution in [-0.4, -0.2) is 12.4 Å². The van der Waals surface area contributed by atoms with Crippen LogP contribution in [0.1, 0.15) is 0 Å². The molecule has 0 aliphatic carbocycles. The zero-order valence-electron chi connectivity index (χ0n) is 3.10. The van der Waals surface area contributed by atoms with E-state index >= 15 is 0 Å². The Kier molecular flexibility index (Phi) is 2.49. The Hall–Kier alpha value is -0.505. The van der Waals surface area contributed by atoms with Gasteiger partial charge in [0, 0.05) is 0 Å². The van der Waals surface area contributed by atoms with Crippen LogP contribution in [-0.2, 0) is 4.65 Å². The molecule has 6 heavy (non-hydrogen) atoms. The van der Waals surface area contributed by atoms with Crippen LogP contribution >= 0.6 is 0 Å². The quantitative estimate of drug-likeness (QED) is 0.384. The fourth-order valence-electron chi connectivity index (χ4n) is 0.0794. The summed E-state index contributed by atoms with van der Waals surface area (Å²) in [7, 11) is -2.22. The first-order valence-electron chi connectivity index (χ1n) is 1.36. The molecule has 0 unspecified atom stereocenters. The maximum Gasteiger partial charge on any atom is 0.751 e. The molecule has 0 saturated carbocycles. The van der Waals surface area contributed by atoms with Gasteiger partial charge < -0.3 is 9.68 Å². The standard InChI is InChI=1S/C2H4BFO2/c1-2-6-3(4)5/h2,5H,1H2. The molecule has 0 spiro atoms. The Morgan fingerprint density at radius 3 is 2.50 bits per heavy atom. The van der Waals surface area contributed by atoms with E-state index in [1.54, 1.807) is 0 Å². The molecule has 0 aliphatic rings. The van der Waals surface area contributed by atoms with Crippen LogP contribution in [0.2, 0.25) is 0 Å². The summed E-state index contributed by atoms with van der Waals surface area (Å²) in [6.07, 6.45) is 0.824. The van der Waals surface area contributed by atoms with Gasteiger partial charge in [0.2, 0.25) is 0 Å². The topological polar surface area (TPSA) is 29.5 Å². The van der Waals surface area contributed by atoms with E-state index in [9.17, 15) is 4.32 Å². The zero-order chi connectivity index (χ0) is 4.99. The first-order valence-corrected chi connectivity index (χ1v) is 1.36. The van der Waals surface area contributed by atoms with E-state index in [0.29, 0.717) is 0 Å². The highest BCUT2D eigenvalue weighted by molar-refractivity contribution is 6.33. The minimum atomic E-state index is -2.22. The summed E-state index contributed by atoms with van der Waals surface area (Å²) in [5, 5.41) is 7.59. The average molecular weight is 89.9 g/mol. The summed E-state index contributed by atoms with van der Waals surface area (Å²) in [5.41, 5.74) is 0. The second-order valence-electron chi connectivity index (χ2n) is 0.595. The third-order valence-corrected chi connectivity index (χ3v) is 0.209. The number of hydrogen-bond acceptors (Lipinski definition) is 2. The Morgan fingerprint density at radius 1 is 2.00 bits per heavy atom. The minimum Gasteiger partial charge on any atom is -0.516 e. The lowest BCUT2D eigenvalue weighted by atomic mass is 10.3. The maximum atomic E-state index is 11.0. The van der Waals surface area contributed by atoms with Gasteiger partial charge in [0.1, 0.15) is 0 Å². The molecule has 0 aromatic rings. The fourth-order valence-corrected chi connectivity index (χ4v) is 0.0794. The van der Waals surface area contributed by atoms with E-state index in [1.807, 2.05) is 0 Å². The first-order chi connectivity index (χ1) is 2.77. The van der Waals surface area contributed by atoms with Crippen molar-refractivity contribution in [1.29, 1.82) is 0 Å². The Morgan fingerprint density at radius 2 is 2.50 bits per heavy atom. The molecule has 0 fully saturated rings. The van der Waals surface area contributed by atoms with Gasteiger partial charge in [-0.2, -0.15) is 0 Å². The van der Waals surface area contributed by atoms with Crippen LogP contribution in [0.15, 0.2) is 12.8 Å². The summed E-state index contributed by atoms with van der Waals surface area (Å²) in [4.78, 5) is 0. The normalized spacial score (nSPS) is 7.00. The van der Waals surface area contributed by atoms with Gasteiger partial charge in [0.25, 0.3) is 0 Å². The smallest absolute Gasteiger partial charge is 0.516 e. The van der Waals surface area contributed by atoms with E-state index < -0.39 is 7.40 Å². The molecule has 0 heterocycles.